The van der Waals surface area contributed by atoms with Crippen molar-refractivity contribution < 1.29 is 5.11 Å². The average Bonchev–Trinajstić information content (AvgIpc) is 2.93. The predicted molar refractivity (Wildman–Crippen MR) is 82.0 cm³/mol. The highest BCUT2D eigenvalue weighted by molar-refractivity contribution is 6.30. The molecule has 0 aliphatic carbocycles. The van der Waals surface area contributed by atoms with E-state index in [1.807, 2.05) is 24.3 Å². The van der Waals surface area contributed by atoms with Crippen molar-refractivity contribution in [3.05, 3.63) is 34.9 Å². The van der Waals surface area contributed by atoms with Crippen LogP contribution in [0.4, 0.5) is 0 Å². The van der Waals surface area contributed by atoms with Crippen LogP contribution in [0.2, 0.25) is 5.02 Å². The Morgan fingerprint density at radius 2 is 2.05 bits per heavy atom. The number of fused-ring (bicyclic) bond motifs is 1. The summed E-state index contributed by atoms with van der Waals surface area (Å²) in [6, 6.07) is 8.78. The summed E-state index contributed by atoms with van der Waals surface area (Å²) in [7, 11) is 0. The molecule has 3 atom stereocenters. The lowest BCUT2D eigenvalue weighted by Gasteiger charge is -2.35. The first-order valence-corrected chi connectivity index (χ1v) is 8.01. The summed E-state index contributed by atoms with van der Waals surface area (Å²) in [4.78, 5) is 2.62. The highest BCUT2D eigenvalue weighted by Gasteiger charge is 2.31. The molecule has 0 saturated carbocycles. The molecule has 0 amide bonds. The second kappa shape index (κ2) is 6.44. The van der Waals surface area contributed by atoms with Crippen LogP contribution in [-0.4, -0.2) is 41.7 Å². The van der Waals surface area contributed by atoms with Gasteiger partial charge in [-0.3, -0.25) is 0 Å². The van der Waals surface area contributed by atoms with Crippen molar-refractivity contribution in [3.8, 4) is 0 Å². The van der Waals surface area contributed by atoms with Crippen LogP contribution in [0, 0.1) is 0 Å². The molecule has 0 radical (unpaired) electrons. The molecule has 2 heterocycles. The Kier molecular flexibility index (Phi) is 4.61. The Morgan fingerprint density at radius 3 is 2.85 bits per heavy atom. The van der Waals surface area contributed by atoms with Crippen LogP contribution in [0.3, 0.4) is 0 Å². The number of benzene rings is 1. The molecule has 110 valence electrons. The van der Waals surface area contributed by atoms with Gasteiger partial charge in [-0.05, 0) is 56.5 Å². The van der Waals surface area contributed by atoms with E-state index in [1.54, 1.807) is 0 Å². The van der Waals surface area contributed by atoms with Crippen molar-refractivity contribution >= 4 is 11.6 Å². The van der Waals surface area contributed by atoms with Crippen LogP contribution in [0.25, 0.3) is 0 Å². The van der Waals surface area contributed by atoms with Gasteiger partial charge in [0.15, 0.2) is 0 Å². The van der Waals surface area contributed by atoms with Crippen molar-refractivity contribution in [1.29, 1.82) is 0 Å². The highest BCUT2D eigenvalue weighted by Crippen LogP contribution is 2.27. The standard InChI is InChI=1S/C16H23ClN2O/c17-13-5-3-12(4-6-13)16(20)11-18-14-7-9-19-8-1-2-15(19)10-14/h3-6,14-16,18,20H,1-2,7-11H2. The minimum Gasteiger partial charge on any atom is -0.387 e. The van der Waals surface area contributed by atoms with Crippen molar-refractivity contribution in [2.45, 2.75) is 43.9 Å². The molecule has 3 rings (SSSR count). The van der Waals surface area contributed by atoms with E-state index in [0.29, 0.717) is 17.6 Å². The quantitative estimate of drug-likeness (QED) is 0.896. The molecule has 2 N–H and O–H groups in total. The lowest BCUT2D eigenvalue weighted by molar-refractivity contribution is 0.138. The van der Waals surface area contributed by atoms with Crippen LogP contribution in [0.1, 0.15) is 37.4 Å². The lowest BCUT2D eigenvalue weighted by Crippen LogP contribution is -2.46. The van der Waals surface area contributed by atoms with Crippen LogP contribution in [0.5, 0.6) is 0 Å². The summed E-state index contributed by atoms with van der Waals surface area (Å²) in [6.07, 6.45) is 4.67. The number of aliphatic hydroxyl groups excluding tert-OH is 1. The summed E-state index contributed by atoms with van der Waals surface area (Å²) in [5.74, 6) is 0. The molecule has 2 aliphatic heterocycles. The SMILES string of the molecule is OC(CNC1CCN2CCCC2C1)c1ccc(Cl)cc1. The van der Waals surface area contributed by atoms with E-state index >= 15 is 0 Å². The third-order valence-electron chi connectivity index (χ3n) is 4.68. The maximum Gasteiger partial charge on any atom is 0.0914 e. The maximum atomic E-state index is 10.2. The zero-order valence-corrected chi connectivity index (χ0v) is 12.5. The third-order valence-corrected chi connectivity index (χ3v) is 4.93. The van der Waals surface area contributed by atoms with Gasteiger partial charge in [0.05, 0.1) is 6.10 Å². The number of nitrogens with zero attached hydrogens (tertiary/aromatic N) is 1. The molecule has 3 nitrogen and oxygen atoms in total. The topological polar surface area (TPSA) is 35.5 Å². The predicted octanol–water partition coefficient (Wildman–Crippen LogP) is 2.59. The largest absolute Gasteiger partial charge is 0.387 e. The number of hydrogen-bond donors (Lipinski definition) is 2. The smallest absolute Gasteiger partial charge is 0.0914 e. The van der Waals surface area contributed by atoms with E-state index in [2.05, 4.69) is 10.2 Å². The van der Waals surface area contributed by atoms with E-state index < -0.39 is 6.10 Å². The van der Waals surface area contributed by atoms with Gasteiger partial charge in [-0.25, -0.2) is 0 Å². The summed E-state index contributed by atoms with van der Waals surface area (Å²) in [5.41, 5.74) is 0.931. The fraction of sp³-hybridized carbons (Fsp3) is 0.625. The Morgan fingerprint density at radius 1 is 1.25 bits per heavy atom. The molecule has 4 heteroatoms. The van der Waals surface area contributed by atoms with Gasteiger partial charge >= 0.3 is 0 Å². The first-order chi connectivity index (χ1) is 9.72. The summed E-state index contributed by atoms with van der Waals surface area (Å²) >= 11 is 5.86. The van der Waals surface area contributed by atoms with E-state index in [1.165, 1.54) is 38.8 Å². The number of piperidine rings is 1. The zero-order chi connectivity index (χ0) is 13.9. The number of nitrogens with one attached hydrogen (secondary N) is 1. The zero-order valence-electron chi connectivity index (χ0n) is 11.8. The Bertz CT molecular complexity index is 437. The molecular weight excluding hydrogens is 272 g/mol. The van der Waals surface area contributed by atoms with Gasteiger partial charge in [0, 0.05) is 23.7 Å². The Balaban J connectivity index is 1.48. The van der Waals surface area contributed by atoms with E-state index in [0.717, 1.165) is 11.6 Å². The summed E-state index contributed by atoms with van der Waals surface area (Å²) in [5, 5.41) is 14.5. The molecule has 3 unspecified atom stereocenters. The molecule has 2 fully saturated rings. The second-order valence-corrected chi connectivity index (χ2v) is 6.47. The van der Waals surface area contributed by atoms with Crippen LogP contribution in [-0.2, 0) is 0 Å². The third kappa shape index (κ3) is 3.34. The number of rotatable bonds is 4. The highest BCUT2D eigenvalue weighted by atomic mass is 35.5. The van der Waals surface area contributed by atoms with Crippen molar-refractivity contribution in [1.82, 2.24) is 10.2 Å². The molecule has 2 saturated heterocycles. The first-order valence-electron chi connectivity index (χ1n) is 7.63. The maximum absolute atomic E-state index is 10.2. The van der Waals surface area contributed by atoms with E-state index in [-0.39, 0.29) is 0 Å². The number of halogens is 1. The van der Waals surface area contributed by atoms with Crippen LogP contribution >= 0.6 is 11.6 Å². The minimum atomic E-state index is -0.450. The summed E-state index contributed by atoms with van der Waals surface area (Å²) < 4.78 is 0. The molecule has 1 aromatic rings. The normalized spacial score (nSPS) is 28.3. The molecule has 0 bridgehead atoms. The second-order valence-electron chi connectivity index (χ2n) is 6.03. The van der Waals surface area contributed by atoms with Crippen LogP contribution in [0.15, 0.2) is 24.3 Å². The molecule has 2 aliphatic rings. The molecular formula is C16H23ClN2O. The minimum absolute atomic E-state index is 0.450. The number of aliphatic hydroxyl groups is 1. The van der Waals surface area contributed by atoms with Gasteiger partial charge in [-0.1, -0.05) is 23.7 Å². The Labute approximate surface area is 125 Å². The molecule has 20 heavy (non-hydrogen) atoms. The van der Waals surface area contributed by atoms with E-state index in [4.69, 9.17) is 11.6 Å². The van der Waals surface area contributed by atoms with Crippen molar-refractivity contribution in [3.63, 3.8) is 0 Å². The molecule has 1 aromatic carbocycles. The van der Waals surface area contributed by atoms with Crippen molar-refractivity contribution in [2.75, 3.05) is 19.6 Å². The van der Waals surface area contributed by atoms with Gasteiger partial charge in [0.2, 0.25) is 0 Å². The lowest BCUT2D eigenvalue weighted by atomic mass is 9.97. The van der Waals surface area contributed by atoms with Gasteiger partial charge in [0.25, 0.3) is 0 Å². The molecule has 0 spiro atoms. The van der Waals surface area contributed by atoms with Crippen molar-refractivity contribution in [2.24, 2.45) is 0 Å². The monoisotopic (exact) mass is 294 g/mol. The Hall–Kier alpha value is -0.610. The van der Waals surface area contributed by atoms with Gasteiger partial charge in [-0.15, -0.1) is 0 Å². The average molecular weight is 295 g/mol. The summed E-state index contributed by atoms with van der Waals surface area (Å²) in [6.45, 7) is 3.11. The fourth-order valence-electron chi connectivity index (χ4n) is 3.49. The van der Waals surface area contributed by atoms with Crippen LogP contribution < -0.4 is 5.32 Å². The first kappa shape index (κ1) is 14.3. The van der Waals surface area contributed by atoms with Gasteiger partial charge in [0.1, 0.15) is 0 Å². The molecule has 0 aromatic heterocycles. The number of hydrogen-bond acceptors (Lipinski definition) is 3. The fourth-order valence-corrected chi connectivity index (χ4v) is 3.62. The van der Waals surface area contributed by atoms with Gasteiger partial charge in [-0.2, -0.15) is 0 Å². The van der Waals surface area contributed by atoms with E-state index in [9.17, 15) is 5.11 Å². The van der Waals surface area contributed by atoms with Gasteiger partial charge < -0.3 is 15.3 Å².